The van der Waals surface area contributed by atoms with Gasteiger partial charge in [-0.1, -0.05) is 6.92 Å². The lowest BCUT2D eigenvalue weighted by Crippen LogP contribution is -2.48. The van der Waals surface area contributed by atoms with Gasteiger partial charge < -0.3 is 15.3 Å². The fourth-order valence-electron chi connectivity index (χ4n) is 1.90. The summed E-state index contributed by atoms with van der Waals surface area (Å²) in [5.74, 6) is -0.984. The van der Waals surface area contributed by atoms with Crippen LogP contribution in [0.25, 0.3) is 0 Å². The molecule has 1 heterocycles. The lowest BCUT2D eigenvalue weighted by Gasteiger charge is -2.24. The van der Waals surface area contributed by atoms with E-state index in [1.807, 2.05) is 16.8 Å². The minimum Gasteiger partial charge on any atom is -0.480 e. The van der Waals surface area contributed by atoms with Gasteiger partial charge in [-0.2, -0.15) is 11.3 Å². The summed E-state index contributed by atoms with van der Waals surface area (Å²) in [4.78, 5) is 24.9. The third-order valence-corrected chi connectivity index (χ3v) is 3.92. The van der Waals surface area contributed by atoms with Gasteiger partial charge in [0.05, 0.1) is 0 Å². The zero-order valence-corrected chi connectivity index (χ0v) is 11.7. The van der Waals surface area contributed by atoms with Gasteiger partial charge in [0.1, 0.15) is 6.04 Å². The van der Waals surface area contributed by atoms with Crippen molar-refractivity contribution in [1.82, 2.24) is 10.2 Å². The van der Waals surface area contributed by atoms with E-state index in [0.717, 1.165) is 18.4 Å². The average molecular weight is 282 g/mol. The first kappa shape index (κ1) is 13.9. The summed E-state index contributed by atoms with van der Waals surface area (Å²) in [6.45, 7) is 2.30. The number of hydrogen-bond donors (Lipinski definition) is 2. The van der Waals surface area contributed by atoms with Gasteiger partial charge in [-0.3, -0.25) is 0 Å². The largest absolute Gasteiger partial charge is 0.480 e. The maximum Gasteiger partial charge on any atom is 0.326 e. The highest BCUT2D eigenvalue weighted by molar-refractivity contribution is 7.07. The molecule has 1 aromatic heterocycles. The normalized spacial score (nSPS) is 15.8. The van der Waals surface area contributed by atoms with Crippen LogP contribution in [0.5, 0.6) is 0 Å². The predicted molar refractivity (Wildman–Crippen MR) is 73.1 cm³/mol. The highest BCUT2D eigenvalue weighted by Gasteiger charge is 2.34. The van der Waals surface area contributed by atoms with Gasteiger partial charge in [-0.05, 0) is 41.7 Å². The molecule has 0 unspecified atom stereocenters. The molecule has 0 radical (unpaired) electrons. The molecule has 0 saturated heterocycles. The molecule has 1 fully saturated rings. The maximum absolute atomic E-state index is 12.2. The molecule has 2 amide bonds. The Morgan fingerprint density at radius 2 is 2.32 bits per heavy atom. The van der Waals surface area contributed by atoms with Crippen molar-refractivity contribution in [2.24, 2.45) is 0 Å². The summed E-state index contributed by atoms with van der Waals surface area (Å²) in [6, 6.07) is 1.16. The van der Waals surface area contributed by atoms with E-state index in [9.17, 15) is 9.59 Å². The van der Waals surface area contributed by atoms with Crippen LogP contribution in [0.3, 0.4) is 0 Å². The molecule has 104 valence electrons. The fraction of sp³-hybridized carbons (Fsp3) is 0.538. The number of carboxylic acid groups (broad SMARTS) is 1. The van der Waals surface area contributed by atoms with E-state index >= 15 is 0 Å². The van der Waals surface area contributed by atoms with E-state index in [1.165, 1.54) is 0 Å². The number of nitrogens with one attached hydrogen (secondary N) is 1. The van der Waals surface area contributed by atoms with Crippen LogP contribution < -0.4 is 5.32 Å². The molecule has 19 heavy (non-hydrogen) atoms. The average Bonchev–Trinajstić information content (AvgIpc) is 3.09. The van der Waals surface area contributed by atoms with E-state index in [-0.39, 0.29) is 12.1 Å². The van der Waals surface area contributed by atoms with E-state index in [1.54, 1.807) is 23.2 Å². The molecule has 1 atom stereocenters. The maximum atomic E-state index is 12.2. The number of carbonyl (C=O) groups excluding carboxylic acids is 1. The van der Waals surface area contributed by atoms with E-state index in [0.29, 0.717) is 13.0 Å². The van der Waals surface area contributed by atoms with Gasteiger partial charge in [-0.25, -0.2) is 9.59 Å². The molecule has 0 aliphatic heterocycles. The third-order valence-electron chi connectivity index (χ3n) is 3.19. The van der Waals surface area contributed by atoms with Gasteiger partial charge in [0.15, 0.2) is 0 Å². The van der Waals surface area contributed by atoms with Crippen LogP contribution in [0.1, 0.15) is 31.7 Å². The Morgan fingerprint density at radius 3 is 2.79 bits per heavy atom. The Kier molecular flexibility index (Phi) is 4.42. The molecular formula is C13H18N2O3S. The van der Waals surface area contributed by atoms with Crippen LogP contribution in [-0.4, -0.2) is 34.1 Å². The molecule has 5 nitrogen and oxygen atoms in total. The lowest BCUT2D eigenvalue weighted by molar-refractivity contribution is -0.139. The molecular weight excluding hydrogens is 264 g/mol. The number of aliphatic carboxylic acids is 1. The van der Waals surface area contributed by atoms with Gasteiger partial charge in [-0.15, -0.1) is 0 Å². The second-order valence-electron chi connectivity index (χ2n) is 4.74. The number of carbonyl (C=O) groups is 2. The first-order valence-electron chi connectivity index (χ1n) is 6.42. The molecule has 0 spiro atoms. The summed E-state index contributed by atoms with van der Waals surface area (Å²) in [6.07, 6.45) is 2.39. The van der Waals surface area contributed by atoms with Crippen LogP contribution in [0.4, 0.5) is 4.79 Å². The monoisotopic (exact) mass is 282 g/mol. The highest BCUT2D eigenvalue weighted by Crippen LogP contribution is 2.28. The van der Waals surface area contributed by atoms with Crippen LogP contribution in [0, 0.1) is 0 Å². The Labute approximate surface area is 116 Å². The molecule has 1 aliphatic carbocycles. The smallest absolute Gasteiger partial charge is 0.326 e. The van der Waals surface area contributed by atoms with Gasteiger partial charge in [0.25, 0.3) is 0 Å². The minimum atomic E-state index is -0.984. The van der Waals surface area contributed by atoms with Crippen molar-refractivity contribution in [1.29, 1.82) is 0 Å². The second kappa shape index (κ2) is 6.06. The topological polar surface area (TPSA) is 69.6 Å². The lowest BCUT2D eigenvalue weighted by atomic mass is 10.2. The summed E-state index contributed by atoms with van der Waals surface area (Å²) in [5, 5.41) is 15.6. The van der Waals surface area contributed by atoms with Crippen LogP contribution in [0.2, 0.25) is 0 Å². The van der Waals surface area contributed by atoms with Crippen LogP contribution >= 0.6 is 11.3 Å². The molecule has 1 aromatic rings. The zero-order valence-electron chi connectivity index (χ0n) is 10.8. The fourth-order valence-corrected chi connectivity index (χ4v) is 2.56. The Morgan fingerprint density at radius 1 is 1.58 bits per heavy atom. The van der Waals surface area contributed by atoms with Gasteiger partial charge in [0.2, 0.25) is 0 Å². The van der Waals surface area contributed by atoms with Crippen molar-refractivity contribution in [3.63, 3.8) is 0 Å². The minimum absolute atomic E-state index is 0.256. The van der Waals surface area contributed by atoms with Crippen molar-refractivity contribution in [3.8, 4) is 0 Å². The van der Waals surface area contributed by atoms with E-state index in [2.05, 4.69) is 5.32 Å². The number of amides is 2. The summed E-state index contributed by atoms with van der Waals surface area (Å²) < 4.78 is 0. The van der Waals surface area contributed by atoms with Crippen molar-refractivity contribution in [2.75, 3.05) is 0 Å². The van der Waals surface area contributed by atoms with Crippen molar-refractivity contribution in [2.45, 2.75) is 44.8 Å². The Hall–Kier alpha value is -1.56. The van der Waals surface area contributed by atoms with E-state index < -0.39 is 12.0 Å². The van der Waals surface area contributed by atoms with Crippen molar-refractivity contribution >= 4 is 23.3 Å². The highest BCUT2D eigenvalue weighted by atomic mass is 32.1. The molecule has 1 saturated carbocycles. The molecule has 6 heteroatoms. The third kappa shape index (κ3) is 3.70. The number of carboxylic acids is 1. The molecule has 2 N–H and O–H groups in total. The summed E-state index contributed by atoms with van der Waals surface area (Å²) in [5.41, 5.74) is 1.09. The number of thiophene rings is 1. The zero-order chi connectivity index (χ0) is 13.8. The number of nitrogens with zero attached hydrogens (tertiary/aromatic N) is 1. The molecule has 0 aromatic carbocycles. The number of urea groups is 1. The van der Waals surface area contributed by atoms with Gasteiger partial charge in [0, 0.05) is 12.6 Å². The second-order valence-corrected chi connectivity index (χ2v) is 5.52. The number of rotatable bonds is 6. The van der Waals surface area contributed by atoms with Crippen molar-refractivity contribution in [3.05, 3.63) is 22.4 Å². The summed E-state index contributed by atoms with van der Waals surface area (Å²) >= 11 is 1.60. The molecule has 1 aliphatic rings. The van der Waals surface area contributed by atoms with Gasteiger partial charge >= 0.3 is 12.0 Å². The first-order chi connectivity index (χ1) is 9.11. The van der Waals surface area contributed by atoms with E-state index in [4.69, 9.17) is 5.11 Å². The summed E-state index contributed by atoms with van der Waals surface area (Å²) in [7, 11) is 0. The van der Waals surface area contributed by atoms with Crippen molar-refractivity contribution < 1.29 is 14.7 Å². The quantitative estimate of drug-likeness (QED) is 0.841. The Balaban J connectivity index is 1.98. The predicted octanol–water partition coefficient (Wildman–Crippen LogP) is 2.29. The SMILES string of the molecule is CC[C@@H](NC(=O)N(Cc1ccsc1)C1CC1)C(=O)O. The number of hydrogen-bond acceptors (Lipinski definition) is 3. The Bertz CT molecular complexity index is 443. The first-order valence-corrected chi connectivity index (χ1v) is 7.37. The van der Waals surface area contributed by atoms with Crippen LogP contribution in [-0.2, 0) is 11.3 Å². The molecule has 2 rings (SSSR count). The van der Waals surface area contributed by atoms with Crippen LogP contribution in [0.15, 0.2) is 16.8 Å². The molecule has 0 bridgehead atoms. The standard InChI is InChI=1S/C13H18N2O3S/c1-2-11(12(16)17)14-13(18)15(10-3-4-10)7-9-5-6-19-8-9/h5-6,8,10-11H,2-4,7H2,1H3,(H,14,18)(H,16,17)/t11-/m1/s1.